The zero-order chi connectivity index (χ0) is 16.7. The molecule has 1 heterocycles. The van der Waals surface area contributed by atoms with E-state index in [0.29, 0.717) is 5.56 Å². The molecular weight excluding hydrogens is 312 g/mol. The summed E-state index contributed by atoms with van der Waals surface area (Å²) >= 11 is 1.72. The van der Waals surface area contributed by atoms with Crippen molar-refractivity contribution in [2.24, 2.45) is 0 Å². The molecule has 1 aromatic heterocycles. The predicted molar refractivity (Wildman–Crippen MR) is 99.1 cm³/mol. The number of aryl methyl sites for hydroxylation is 1. The number of benzene rings is 2. The maximum absolute atomic E-state index is 9.72. The minimum atomic E-state index is 0.693. The molecule has 24 heavy (non-hydrogen) atoms. The van der Waals surface area contributed by atoms with E-state index in [1.54, 1.807) is 11.8 Å². The minimum Gasteiger partial charge on any atom is -0.251 e. The highest BCUT2D eigenvalue weighted by Crippen LogP contribution is 2.42. The molecule has 0 N–H and O–H groups in total. The highest BCUT2D eigenvalue weighted by Gasteiger charge is 2.26. The first-order valence-electron chi connectivity index (χ1n) is 7.89. The van der Waals surface area contributed by atoms with Crippen LogP contribution in [0.5, 0.6) is 0 Å². The molecule has 1 aliphatic rings. The first-order valence-corrected chi connectivity index (χ1v) is 9.11. The number of nitrogens with zero attached hydrogens (tertiary/aromatic N) is 2. The molecular formula is C21H16N2S. The molecule has 3 aromatic rings. The molecule has 0 bridgehead atoms. The van der Waals surface area contributed by atoms with Crippen molar-refractivity contribution in [3.05, 3.63) is 70.9 Å². The molecule has 0 spiro atoms. The average molecular weight is 328 g/mol. The zero-order valence-corrected chi connectivity index (χ0v) is 14.4. The number of nitriles is 1. The molecule has 1 aliphatic carbocycles. The van der Waals surface area contributed by atoms with Crippen molar-refractivity contribution in [2.75, 3.05) is 6.26 Å². The Kier molecular flexibility index (Phi) is 3.63. The first-order chi connectivity index (χ1) is 11.7. The van der Waals surface area contributed by atoms with Gasteiger partial charge in [-0.3, -0.25) is 4.98 Å². The number of hydrogen-bond acceptors (Lipinski definition) is 3. The average Bonchev–Trinajstić information content (AvgIpc) is 2.99. The van der Waals surface area contributed by atoms with E-state index in [1.165, 1.54) is 21.6 Å². The Balaban J connectivity index is 2.00. The lowest BCUT2D eigenvalue weighted by molar-refractivity contribution is 1.15. The van der Waals surface area contributed by atoms with E-state index in [9.17, 15) is 5.26 Å². The van der Waals surface area contributed by atoms with E-state index in [-0.39, 0.29) is 0 Å². The summed E-state index contributed by atoms with van der Waals surface area (Å²) in [6, 6.07) is 19.2. The van der Waals surface area contributed by atoms with Gasteiger partial charge in [0.05, 0.1) is 17.0 Å². The van der Waals surface area contributed by atoms with E-state index in [0.717, 1.165) is 28.9 Å². The SMILES string of the molecule is CSc1ccc(-c2c(C#N)c(C)nc3c2Cc2ccccc2-3)cc1. The van der Waals surface area contributed by atoms with Crippen molar-refractivity contribution in [3.8, 4) is 28.5 Å². The summed E-state index contributed by atoms with van der Waals surface area (Å²) in [6.45, 7) is 1.93. The number of thioether (sulfide) groups is 1. The second-order valence-electron chi connectivity index (χ2n) is 5.95. The summed E-state index contributed by atoms with van der Waals surface area (Å²) in [7, 11) is 0. The van der Waals surface area contributed by atoms with Gasteiger partial charge >= 0.3 is 0 Å². The first kappa shape index (κ1) is 15.0. The van der Waals surface area contributed by atoms with Crippen molar-refractivity contribution in [1.82, 2.24) is 4.98 Å². The number of aromatic nitrogens is 1. The van der Waals surface area contributed by atoms with Crippen LogP contribution in [0.2, 0.25) is 0 Å². The maximum atomic E-state index is 9.72. The summed E-state index contributed by atoms with van der Waals surface area (Å²) in [4.78, 5) is 5.98. The smallest absolute Gasteiger partial charge is 0.102 e. The Labute approximate surface area is 146 Å². The molecule has 4 rings (SSSR count). The van der Waals surface area contributed by atoms with Crippen LogP contribution in [-0.4, -0.2) is 11.2 Å². The van der Waals surface area contributed by atoms with Gasteiger partial charge in [-0.15, -0.1) is 11.8 Å². The topological polar surface area (TPSA) is 36.7 Å². The quantitative estimate of drug-likeness (QED) is 0.473. The summed E-state index contributed by atoms with van der Waals surface area (Å²) in [6.07, 6.45) is 2.91. The van der Waals surface area contributed by atoms with Crippen molar-refractivity contribution < 1.29 is 0 Å². The van der Waals surface area contributed by atoms with Crippen LogP contribution in [0.3, 0.4) is 0 Å². The standard InChI is InChI=1S/C21H16N2S/c1-13-19(12-22)20(14-7-9-16(24-2)10-8-14)18-11-15-5-3-4-6-17(15)21(18)23-13/h3-10H,11H2,1-2H3. The minimum absolute atomic E-state index is 0.693. The zero-order valence-electron chi connectivity index (χ0n) is 13.6. The fourth-order valence-electron chi connectivity index (χ4n) is 3.45. The van der Waals surface area contributed by atoms with Gasteiger partial charge in [-0.05, 0) is 42.0 Å². The Morgan fingerprint density at radius 2 is 1.83 bits per heavy atom. The van der Waals surface area contributed by atoms with Crippen LogP contribution in [0, 0.1) is 18.3 Å². The van der Waals surface area contributed by atoms with Gasteiger partial charge in [0, 0.05) is 22.4 Å². The van der Waals surface area contributed by atoms with Crippen LogP contribution in [-0.2, 0) is 6.42 Å². The lowest BCUT2D eigenvalue weighted by Gasteiger charge is -2.13. The van der Waals surface area contributed by atoms with Crippen molar-refractivity contribution >= 4 is 11.8 Å². The van der Waals surface area contributed by atoms with E-state index in [4.69, 9.17) is 4.98 Å². The van der Waals surface area contributed by atoms with Crippen molar-refractivity contribution in [2.45, 2.75) is 18.2 Å². The van der Waals surface area contributed by atoms with Crippen LogP contribution in [0.25, 0.3) is 22.4 Å². The fourth-order valence-corrected chi connectivity index (χ4v) is 3.85. The Morgan fingerprint density at radius 1 is 1.08 bits per heavy atom. The third-order valence-corrected chi connectivity index (χ3v) is 5.35. The van der Waals surface area contributed by atoms with Gasteiger partial charge < -0.3 is 0 Å². The third-order valence-electron chi connectivity index (χ3n) is 4.61. The highest BCUT2D eigenvalue weighted by molar-refractivity contribution is 7.98. The number of pyridine rings is 1. The normalized spacial score (nSPS) is 11.7. The summed E-state index contributed by atoms with van der Waals surface area (Å²) in [5, 5.41) is 9.72. The van der Waals surface area contributed by atoms with Crippen molar-refractivity contribution in [1.29, 1.82) is 5.26 Å². The van der Waals surface area contributed by atoms with Gasteiger partial charge in [0.1, 0.15) is 6.07 Å². The van der Waals surface area contributed by atoms with E-state index >= 15 is 0 Å². The van der Waals surface area contributed by atoms with Crippen LogP contribution in [0.1, 0.15) is 22.4 Å². The molecule has 2 nitrogen and oxygen atoms in total. The number of hydrogen-bond donors (Lipinski definition) is 0. The molecule has 0 aliphatic heterocycles. The number of fused-ring (bicyclic) bond motifs is 3. The second-order valence-corrected chi connectivity index (χ2v) is 6.83. The fraction of sp³-hybridized carbons (Fsp3) is 0.143. The van der Waals surface area contributed by atoms with Crippen LogP contribution >= 0.6 is 11.8 Å². The summed E-state index contributed by atoms with van der Waals surface area (Å²) in [5.41, 5.74) is 8.33. The highest BCUT2D eigenvalue weighted by atomic mass is 32.2. The van der Waals surface area contributed by atoms with Gasteiger partial charge in [-0.25, -0.2) is 0 Å². The molecule has 0 amide bonds. The van der Waals surface area contributed by atoms with E-state index in [2.05, 4.69) is 60.9 Å². The van der Waals surface area contributed by atoms with Gasteiger partial charge in [0.15, 0.2) is 0 Å². The molecule has 0 fully saturated rings. The summed E-state index contributed by atoms with van der Waals surface area (Å²) in [5.74, 6) is 0. The van der Waals surface area contributed by atoms with Crippen LogP contribution in [0.4, 0.5) is 0 Å². The van der Waals surface area contributed by atoms with Crippen LogP contribution in [0.15, 0.2) is 53.4 Å². The maximum Gasteiger partial charge on any atom is 0.102 e. The monoisotopic (exact) mass is 328 g/mol. The van der Waals surface area contributed by atoms with Gasteiger partial charge in [-0.1, -0.05) is 36.4 Å². The summed E-state index contributed by atoms with van der Waals surface area (Å²) < 4.78 is 0. The van der Waals surface area contributed by atoms with E-state index in [1.807, 2.05) is 6.92 Å². The molecule has 116 valence electrons. The molecule has 0 saturated carbocycles. The molecule has 0 saturated heterocycles. The van der Waals surface area contributed by atoms with Gasteiger partial charge in [0.25, 0.3) is 0 Å². The van der Waals surface area contributed by atoms with Gasteiger partial charge in [-0.2, -0.15) is 5.26 Å². The van der Waals surface area contributed by atoms with Crippen LogP contribution < -0.4 is 0 Å². The molecule has 0 unspecified atom stereocenters. The lowest BCUT2D eigenvalue weighted by Crippen LogP contribution is -1.99. The second kappa shape index (κ2) is 5.81. The lowest BCUT2D eigenvalue weighted by atomic mass is 9.93. The largest absolute Gasteiger partial charge is 0.251 e. The predicted octanol–water partition coefficient (Wildman–Crippen LogP) is 5.22. The van der Waals surface area contributed by atoms with Crippen molar-refractivity contribution in [3.63, 3.8) is 0 Å². The van der Waals surface area contributed by atoms with E-state index < -0.39 is 0 Å². The number of rotatable bonds is 2. The molecule has 2 aromatic carbocycles. The molecule has 0 radical (unpaired) electrons. The molecule has 3 heteroatoms. The molecule has 0 atom stereocenters. The Hall–Kier alpha value is -2.57. The Morgan fingerprint density at radius 3 is 2.54 bits per heavy atom. The van der Waals surface area contributed by atoms with Gasteiger partial charge in [0.2, 0.25) is 0 Å². The third kappa shape index (κ3) is 2.23. The Bertz CT molecular complexity index is 982.